The number of nitrogens with two attached hydrogens (primary N) is 1. The van der Waals surface area contributed by atoms with Gasteiger partial charge in [-0.05, 0) is 30.5 Å². The number of nitrogens with one attached hydrogen (secondary N) is 1. The van der Waals surface area contributed by atoms with Crippen molar-refractivity contribution in [1.29, 1.82) is 0 Å². The standard InChI is InChI=1S/C17H17N5O3S2/c1-10(27-17-21-20-15(22(17)18)14-3-2-8-26-14)16(23)19-11-4-5-12-13(9-11)25-7-6-24-12/h2-5,8-10H,6-7,18H2,1H3,(H,19,23)/t10-/m1/s1. The average Bonchev–Trinajstić information content (AvgIpc) is 3.32. The largest absolute Gasteiger partial charge is 0.486 e. The van der Waals surface area contributed by atoms with Gasteiger partial charge in [-0.3, -0.25) is 4.79 Å². The molecule has 0 aliphatic carbocycles. The third kappa shape index (κ3) is 3.71. The molecule has 3 N–H and O–H groups in total. The molecule has 0 spiro atoms. The molecule has 1 aliphatic heterocycles. The predicted octanol–water partition coefficient (Wildman–Crippen LogP) is 2.61. The minimum atomic E-state index is -0.416. The lowest BCUT2D eigenvalue weighted by molar-refractivity contribution is -0.115. The molecule has 27 heavy (non-hydrogen) atoms. The van der Waals surface area contributed by atoms with Crippen molar-refractivity contribution in [3.05, 3.63) is 35.7 Å². The lowest BCUT2D eigenvalue weighted by atomic mass is 10.2. The summed E-state index contributed by atoms with van der Waals surface area (Å²) in [5.41, 5.74) is 0.644. The number of amides is 1. The number of rotatable bonds is 5. The van der Waals surface area contributed by atoms with Gasteiger partial charge in [-0.2, -0.15) is 0 Å². The van der Waals surface area contributed by atoms with Crippen LogP contribution in [0.3, 0.4) is 0 Å². The molecule has 3 heterocycles. The molecule has 0 saturated heterocycles. The van der Waals surface area contributed by atoms with E-state index in [1.54, 1.807) is 25.1 Å². The van der Waals surface area contributed by atoms with E-state index >= 15 is 0 Å². The van der Waals surface area contributed by atoms with Gasteiger partial charge >= 0.3 is 0 Å². The van der Waals surface area contributed by atoms with E-state index < -0.39 is 5.25 Å². The van der Waals surface area contributed by atoms with Gasteiger partial charge in [-0.25, -0.2) is 4.68 Å². The Morgan fingerprint density at radius 3 is 2.89 bits per heavy atom. The van der Waals surface area contributed by atoms with Gasteiger partial charge in [0.1, 0.15) is 13.2 Å². The van der Waals surface area contributed by atoms with Crippen molar-refractivity contribution in [2.45, 2.75) is 17.3 Å². The number of thioether (sulfide) groups is 1. The number of benzene rings is 1. The van der Waals surface area contributed by atoms with E-state index in [1.165, 1.54) is 27.8 Å². The van der Waals surface area contributed by atoms with E-state index in [4.69, 9.17) is 15.3 Å². The Kier molecular flexibility index (Phi) is 4.90. The Hall–Kier alpha value is -2.72. The Morgan fingerprint density at radius 2 is 2.11 bits per heavy atom. The minimum Gasteiger partial charge on any atom is -0.486 e. The number of nitrogens with zero attached hydrogens (tertiary/aromatic N) is 3. The average molecular weight is 403 g/mol. The summed E-state index contributed by atoms with van der Waals surface area (Å²) >= 11 is 2.77. The molecule has 2 aromatic heterocycles. The van der Waals surface area contributed by atoms with Crippen LogP contribution >= 0.6 is 23.1 Å². The number of hydrogen-bond acceptors (Lipinski definition) is 8. The molecule has 0 fully saturated rings. The summed E-state index contributed by atoms with van der Waals surface area (Å²) in [4.78, 5) is 13.5. The van der Waals surface area contributed by atoms with Crippen LogP contribution in [0.25, 0.3) is 10.7 Å². The predicted molar refractivity (Wildman–Crippen MR) is 105 cm³/mol. The molecule has 0 saturated carbocycles. The lowest BCUT2D eigenvalue weighted by Gasteiger charge is -2.19. The number of hydrogen-bond donors (Lipinski definition) is 2. The molecule has 8 nitrogen and oxygen atoms in total. The number of aromatic nitrogens is 3. The molecule has 10 heteroatoms. The maximum absolute atomic E-state index is 12.5. The van der Waals surface area contributed by atoms with Crippen LogP contribution in [-0.2, 0) is 4.79 Å². The Morgan fingerprint density at radius 1 is 1.30 bits per heavy atom. The van der Waals surface area contributed by atoms with Crippen molar-refractivity contribution in [2.24, 2.45) is 0 Å². The van der Waals surface area contributed by atoms with E-state index in [0.717, 1.165) is 4.88 Å². The summed E-state index contributed by atoms with van der Waals surface area (Å²) in [7, 11) is 0. The molecule has 1 aliphatic rings. The van der Waals surface area contributed by atoms with E-state index in [2.05, 4.69) is 15.5 Å². The highest BCUT2D eigenvalue weighted by Gasteiger charge is 2.21. The quantitative estimate of drug-likeness (QED) is 0.498. The van der Waals surface area contributed by atoms with E-state index in [9.17, 15) is 4.79 Å². The second-order valence-corrected chi connectivity index (χ2v) is 8.02. The molecule has 1 atom stereocenters. The first kappa shape index (κ1) is 17.7. The molecule has 0 radical (unpaired) electrons. The summed E-state index contributed by atoms with van der Waals surface area (Å²) in [5.74, 6) is 7.80. The third-order valence-corrected chi connectivity index (χ3v) is 5.79. The van der Waals surface area contributed by atoms with Crippen molar-refractivity contribution in [1.82, 2.24) is 14.9 Å². The molecule has 3 aromatic rings. The zero-order valence-electron chi connectivity index (χ0n) is 14.4. The zero-order chi connectivity index (χ0) is 18.8. The SMILES string of the molecule is C[C@@H](Sc1nnc(-c2cccs2)n1N)C(=O)Nc1ccc2c(c1)OCCO2. The first-order chi connectivity index (χ1) is 13.1. The maximum atomic E-state index is 12.5. The fraction of sp³-hybridized carbons (Fsp3) is 0.235. The monoisotopic (exact) mass is 403 g/mol. The topological polar surface area (TPSA) is 104 Å². The molecule has 0 unspecified atom stereocenters. The summed E-state index contributed by atoms with van der Waals surface area (Å²) < 4.78 is 12.4. The summed E-state index contributed by atoms with van der Waals surface area (Å²) in [6.07, 6.45) is 0. The van der Waals surface area contributed by atoms with Gasteiger partial charge in [0, 0.05) is 11.8 Å². The van der Waals surface area contributed by atoms with Crippen molar-refractivity contribution in [3.8, 4) is 22.2 Å². The van der Waals surface area contributed by atoms with Gasteiger partial charge in [-0.15, -0.1) is 21.5 Å². The highest BCUT2D eigenvalue weighted by atomic mass is 32.2. The van der Waals surface area contributed by atoms with E-state index in [1.807, 2.05) is 17.5 Å². The van der Waals surface area contributed by atoms with Gasteiger partial charge < -0.3 is 20.6 Å². The van der Waals surface area contributed by atoms with Crippen molar-refractivity contribution in [3.63, 3.8) is 0 Å². The van der Waals surface area contributed by atoms with Crippen LogP contribution in [0, 0.1) is 0 Å². The fourth-order valence-corrected chi connectivity index (χ4v) is 3.98. The number of carbonyl (C=O) groups excluding carboxylic acids is 1. The lowest BCUT2D eigenvalue weighted by Crippen LogP contribution is -2.24. The molecule has 1 amide bonds. The molecular formula is C17H17N5O3S2. The highest BCUT2D eigenvalue weighted by Crippen LogP contribution is 2.33. The second-order valence-electron chi connectivity index (χ2n) is 5.76. The first-order valence-electron chi connectivity index (χ1n) is 8.23. The van der Waals surface area contributed by atoms with Crippen LogP contribution in [0.2, 0.25) is 0 Å². The van der Waals surface area contributed by atoms with Gasteiger partial charge in [-0.1, -0.05) is 17.8 Å². The number of ether oxygens (including phenoxy) is 2. The maximum Gasteiger partial charge on any atom is 0.237 e. The molecule has 140 valence electrons. The van der Waals surface area contributed by atoms with Crippen LogP contribution in [0.4, 0.5) is 5.69 Å². The molecule has 1 aromatic carbocycles. The van der Waals surface area contributed by atoms with Gasteiger partial charge in [0.15, 0.2) is 17.3 Å². The molecular weight excluding hydrogens is 386 g/mol. The smallest absolute Gasteiger partial charge is 0.237 e. The zero-order valence-corrected chi connectivity index (χ0v) is 16.0. The van der Waals surface area contributed by atoms with E-state index in [0.29, 0.717) is 41.4 Å². The van der Waals surface area contributed by atoms with Crippen LogP contribution < -0.4 is 20.6 Å². The first-order valence-corrected chi connectivity index (χ1v) is 9.99. The van der Waals surface area contributed by atoms with Crippen molar-refractivity contribution in [2.75, 3.05) is 24.4 Å². The van der Waals surface area contributed by atoms with E-state index in [-0.39, 0.29) is 5.91 Å². The Balaban J connectivity index is 1.43. The third-order valence-electron chi connectivity index (χ3n) is 3.87. The summed E-state index contributed by atoms with van der Waals surface area (Å²) in [5, 5.41) is 13.1. The van der Waals surface area contributed by atoms with Crippen molar-refractivity contribution < 1.29 is 14.3 Å². The van der Waals surface area contributed by atoms with Gasteiger partial charge in [0.25, 0.3) is 0 Å². The Labute approximate surface area is 163 Å². The van der Waals surface area contributed by atoms with Crippen LogP contribution in [0.15, 0.2) is 40.9 Å². The minimum absolute atomic E-state index is 0.169. The molecule has 4 rings (SSSR count). The summed E-state index contributed by atoms with van der Waals surface area (Å²) in [6.45, 7) is 2.81. The second kappa shape index (κ2) is 7.49. The highest BCUT2D eigenvalue weighted by molar-refractivity contribution is 8.00. The molecule has 0 bridgehead atoms. The number of fused-ring (bicyclic) bond motifs is 1. The number of nitrogen functional groups attached to an aromatic ring is 1. The van der Waals surface area contributed by atoms with Gasteiger partial charge in [0.05, 0.1) is 10.1 Å². The van der Waals surface area contributed by atoms with Crippen LogP contribution in [-0.4, -0.2) is 39.2 Å². The van der Waals surface area contributed by atoms with Crippen molar-refractivity contribution >= 4 is 34.7 Å². The number of anilines is 1. The Bertz CT molecular complexity index is 958. The van der Waals surface area contributed by atoms with Gasteiger partial charge in [0.2, 0.25) is 11.1 Å². The number of thiophene rings is 1. The van der Waals surface area contributed by atoms with Crippen LogP contribution in [0.1, 0.15) is 6.92 Å². The normalized spacial score (nSPS) is 14.0. The van der Waals surface area contributed by atoms with Crippen LogP contribution in [0.5, 0.6) is 11.5 Å². The number of carbonyl (C=O) groups is 1. The fourth-order valence-electron chi connectivity index (χ4n) is 2.51. The summed E-state index contributed by atoms with van der Waals surface area (Å²) in [6, 6.07) is 9.16.